The van der Waals surface area contributed by atoms with Crippen LogP contribution < -0.4 is 5.32 Å². The summed E-state index contributed by atoms with van der Waals surface area (Å²) in [7, 11) is 0. The molecule has 0 radical (unpaired) electrons. The third-order valence-corrected chi connectivity index (χ3v) is 1.32. The van der Waals surface area contributed by atoms with E-state index in [9.17, 15) is 0 Å². The minimum absolute atomic E-state index is 0.384. The van der Waals surface area contributed by atoms with E-state index in [4.69, 9.17) is 4.74 Å². The van der Waals surface area contributed by atoms with Gasteiger partial charge >= 0.3 is 0 Å². The first kappa shape index (κ1) is 6.05. The van der Waals surface area contributed by atoms with Crippen molar-refractivity contribution in [1.82, 2.24) is 5.32 Å². The molecule has 0 bridgehead atoms. The number of hydrogen-bond acceptors (Lipinski definition) is 2. The van der Waals surface area contributed by atoms with Crippen LogP contribution in [0.1, 0.15) is 19.8 Å². The van der Waals surface area contributed by atoms with E-state index in [1.165, 1.54) is 12.8 Å². The normalized spacial score (nSPS) is 27.4. The second kappa shape index (κ2) is 3.05. The fourth-order valence-corrected chi connectivity index (χ4v) is 0.702. The summed E-state index contributed by atoms with van der Waals surface area (Å²) in [6.07, 6.45) is 2.77. The summed E-state index contributed by atoms with van der Waals surface area (Å²) in [5.41, 5.74) is 0. The molecule has 1 heterocycles. The monoisotopic (exact) mass is 115 g/mol. The Hall–Kier alpha value is -0.0800. The Morgan fingerprint density at radius 3 is 2.88 bits per heavy atom. The summed E-state index contributed by atoms with van der Waals surface area (Å²) >= 11 is 0. The van der Waals surface area contributed by atoms with Crippen molar-refractivity contribution in [1.29, 1.82) is 0 Å². The maximum absolute atomic E-state index is 5.12. The lowest BCUT2D eigenvalue weighted by Gasteiger charge is -2.26. The van der Waals surface area contributed by atoms with Crippen LogP contribution in [-0.4, -0.2) is 19.4 Å². The molecule has 0 aromatic rings. The first-order valence-corrected chi connectivity index (χ1v) is 3.28. The van der Waals surface area contributed by atoms with Crippen LogP contribution in [0.25, 0.3) is 0 Å². The quantitative estimate of drug-likeness (QED) is 0.585. The minimum atomic E-state index is 0.384. The molecule has 1 aliphatic rings. The first-order valence-electron chi connectivity index (χ1n) is 3.28. The summed E-state index contributed by atoms with van der Waals surface area (Å²) < 4.78 is 5.12. The Bertz CT molecular complexity index is 61.5. The third kappa shape index (κ3) is 1.46. The molecule has 0 amide bonds. The van der Waals surface area contributed by atoms with Gasteiger partial charge in [0.25, 0.3) is 0 Å². The van der Waals surface area contributed by atoms with Gasteiger partial charge in [-0.1, -0.05) is 6.92 Å². The third-order valence-electron chi connectivity index (χ3n) is 1.32. The molecule has 0 aromatic heterocycles. The largest absolute Gasteiger partial charge is 0.363 e. The maximum Gasteiger partial charge on any atom is 0.110 e. The highest BCUT2D eigenvalue weighted by Gasteiger charge is 2.15. The van der Waals surface area contributed by atoms with Crippen molar-refractivity contribution in [2.75, 3.05) is 13.2 Å². The van der Waals surface area contributed by atoms with Crippen molar-refractivity contribution in [3.8, 4) is 0 Å². The predicted molar refractivity (Wildman–Crippen MR) is 32.7 cm³/mol. The van der Waals surface area contributed by atoms with E-state index in [-0.39, 0.29) is 0 Å². The summed E-state index contributed by atoms with van der Waals surface area (Å²) in [4.78, 5) is 0. The van der Waals surface area contributed by atoms with E-state index in [0.29, 0.717) is 6.23 Å². The van der Waals surface area contributed by atoms with Crippen LogP contribution in [-0.2, 0) is 4.74 Å². The van der Waals surface area contributed by atoms with Gasteiger partial charge in [-0.2, -0.15) is 0 Å². The van der Waals surface area contributed by atoms with Crippen molar-refractivity contribution >= 4 is 0 Å². The molecule has 1 aliphatic heterocycles. The molecule has 1 rings (SSSR count). The molecule has 2 nitrogen and oxygen atoms in total. The van der Waals surface area contributed by atoms with Crippen LogP contribution in [0.3, 0.4) is 0 Å². The van der Waals surface area contributed by atoms with E-state index in [1.807, 2.05) is 0 Å². The molecule has 0 saturated carbocycles. The zero-order chi connectivity index (χ0) is 5.82. The molecule has 48 valence electrons. The van der Waals surface area contributed by atoms with Crippen LogP contribution in [0, 0.1) is 0 Å². The summed E-state index contributed by atoms with van der Waals surface area (Å²) in [6, 6.07) is 0. The van der Waals surface area contributed by atoms with Crippen molar-refractivity contribution in [3.63, 3.8) is 0 Å². The van der Waals surface area contributed by atoms with Gasteiger partial charge in [-0.3, -0.25) is 5.32 Å². The van der Waals surface area contributed by atoms with Crippen LogP contribution in [0.15, 0.2) is 0 Å². The lowest BCUT2D eigenvalue weighted by atomic mass is 10.3. The van der Waals surface area contributed by atoms with E-state index in [2.05, 4.69) is 12.2 Å². The SMILES string of the molecule is CCCNC1CCO1. The summed E-state index contributed by atoms with van der Waals surface area (Å²) in [6.45, 7) is 4.19. The zero-order valence-electron chi connectivity index (χ0n) is 5.31. The number of nitrogens with one attached hydrogen (secondary N) is 1. The van der Waals surface area contributed by atoms with Gasteiger partial charge in [0, 0.05) is 6.42 Å². The molecule has 8 heavy (non-hydrogen) atoms. The Labute approximate surface area is 50.2 Å². The van der Waals surface area contributed by atoms with Gasteiger partial charge in [-0.15, -0.1) is 0 Å². The fourth-order valence-electron chi connectivity index (χ4n) is 0.702. The van der Waals surface area contributed by atoms with E-state index >= 15 is 0 Å². The summed E-state index contributed by atoms with van der Waals surface area (Å²) in [5.74, 6) is 0. The Morgan fingerprint density at radius 1 is 1.75 bits per heavy atom. The van der Waals surface area contributed by atoms with Gasteiger partial charge in [-0.05, 0) is 13.0 Å². The lowest BCUT2D eigenvalue weighted by Crippen LogP contribution is -2.40. The molecule has 1 N–H and O–H groups in total. The van der Waals surface area contributed by atoms with E-state index in [1.54, 1.807) is 0 Å². The summed E-state index contributed by atoms with van der Waals surface area (Å²) in [5, 5.41) is 3.25. The molecule has 1 unspecified atom stereocenters. The molecule has 0 aliphatic carbocycles. The number of rotatable bonds is 3. The van der Waals surface area contributed by atoms with E-state index < -0.39 is 0 Å². The molecule has 1 saturated heterocycles. The standard InChI is InChI=1S/C6H13NO/c1-2-4-7-6-3-5-8-6/h6-7H,2-5H2,1H3. The van der Waals surface area contributed by atoms with Crippen molar-refractivity contribution < 1.29 is 4.74 Å². The van der Waals surface area contributed by atoms with Gasteiger partial charge in [0.1, 0.15) is 6.23 Å². The van der Waals surface area contributed by atoms with Crippen molar-refractivity contribution in [3.05, 3.63) is 0 Å². The van der Waals surface area contributed by atoms with Gasteiger partial charge in [0.15, 0.2) is 0 Å². The second-order valence-electron chi connectivity index (χ2n) is 2.10. The Morgan fingerprint density at radius 2 is 2.50 bits per heavy atom. The van der Waals surface area contributed by atoms with Gasteiger partial charge in [-0.25, -0.2) is 0 Å². The second-order valence-corrected chi connectivity index (χ2v) is 2.10. The molecular formula is C6H13NO. The molecule has 2 heteroatoms. The molecule has 0 aromatic carbocycles. The molecule has 0 spiro atoms. The Kier molecular flexibility index (Phi) is 2.30. The highest BCUT2D eigenvalue weighted by Crippen LogP contribution is 2.05. The van der Waals surface area contributed by atoms with Gasteiger partial charge in [0.05, 0.1) is 6.61 Å². The van der Waals surface area contributed by atoms with Gasteiger partial charge < -0.3 is 4.74 Å². The number of ether oxygens (including phenoxy) is 1. The average Bonchev–Trinajstić information content (AvgIpc) is 1.63. The van der Waals surface area contributed by atoms with E-state index in [0.717, 1.165) is 13.2 Å². The van der Waals surface area contributed by atoms with Crippen molar-refractivity contribution in [2.24, 2.45) is 0 Å². The topological polar surface area (TPSA) is 21.3 Å². The van der Waals surface area contributed by atoms with Gasteiger partial charge in [0.2, 0.25) is 0 Å². The van der Waals surface area contributed by atoms with Crippen LogP contribution in [0.4, 0.5) is 0 Å². The highest BCUT2D eigenvalue weighted by atomic mass is 16.5. The predicted octanol–water partition coefficient (Wildman–Crippen LogP) is 0.732. The molecular weight excluding hydrogens is 102 g/mol. The average molecular weight is 115 g/mol. The Balaban J connectivity index is 1.86. The maximum atomic E-state index is 5.12. The van der Waals surface area contributed by atoms with Crippen LogP contribution >= 0.6 is 0 Å². The smallest absolute Gasteiger partial charge is 0.110 e. The van der Waals surface area contributed by atoms with Crippen molar-refractivity contribution in [2.45, 2.75) is 26.0 Å². The lowest BCUT2D eigenvalue weighted by molar-refractivity contribution is -0.0702. The van der Waals surface area contributed by atoms with Crippen LogP contribution in [0.2, 0.25) is 0 Å². The molecule has 1 atom stereocenters. The van der Waals surface area contributed by atoms with Crippen LogP contribution in [0.5, 0.6) is 0 Å². The molecule has 1 fully saturated rings. The minimum Gasteiger partial charge on any atom is -0.363 e. The highest BCUT2D eigenvalue weighted by molar-refractivity contribution is 4.62. The first-order chi connectivity index (χ1) is 3.93. The number of hydrogen-bond donors (Lipinski definition) is 1. The fraction of sp³-hybridized carbons (Fsp3) is 1.00. The zero-order valence-corrected chi connectivity index (χ0v) is 5.31.